The fourth-order valence-electron chi connectivity index (χ4n) is 1.12. The number of benzene rings is 1. The van der Waals surface area contributed by atoms with Crippen molar-refractivity contribution in [2.45, 2.75) is 24.6 Å². The molecule has 0 fully saturated rings. The van der Waals surface area contributed by atoms with E-state index in [1.165, 1.54) is 6.07 Å². The van der Waals surface area contributed by atoms with E-state index in [-0.39, 0.29) is 16.6 Å². The lowest BCUT2D eigenvalue weighted by Crippen LogP contribution is -2.06. The molecule has 0 aliphatic carbocycles. The highest BCUT2D eigenvalue weighted by Crippen LogP contribution is 2.27. The molecule has 0 aliphatic heterocycles. The van der Waals surface area contributed by atoms with Gasteiger partial charge in [-0.25, -0.2) is 4.39 Å². The van der Waals surface area contributed by atoms with E-state index in [0.717, 1.165) is 0 Å². The van der Waals surface area contributed by atoms with Gasteiger partial charge in [0.15, 0.2) is 0 Å². The largest absolute Gasteiger partial charge is 0.207 e. The van der Waals surface area contributed by atoms with E-state index >= 15 is 0 Å². The van der Waals surface area contributed by atoms with E-state index in [4.69, 9.17) is 11.6 Å². The molecule has 2 atom stereocenters. The Balaban J connectivity index is 3.01. The van der Waals surface area contributed by atoms with Gasteiger partial charge in [-0.15, -0.1) is 0 Å². The summed E-state index contributed by atoms with van der Waals surface area (Å²) in [5.74, 6) is -0.0800. The van der Waals surface area contributed by atoms with Gasteiger partial charge in [-0.2, -0.15) is 0 Å². The summed E-state index contributed by atoms with van der Waals surface area (Å²) in [6, 6.07) is 4.80. The first kappa shape index (κ1) is 11.0. The maximum atomic E-state index is 13.4. The molecule has 2 unspecified atom stereocenters. The fraction of sp³-hybridized carbons (Fsp3) is 0.400. The van der Waals surface area contributed by atoms with Gasteiger partial charge in [0.05, 0.1) is 0 Å². The molecule has 0 aliphatic rings. The molecule has 0 heterocycles. The predicted octanol–water partition coefficient (Wildman–Crippen LogP) is 4.37. The summed E-state index contributed by atoms with van der Waals surface area (Å²) < 4.78 is 13.4. The normalized spacial score (nSPS) is 15.5. The van der Waals surface area contributed by atoms with Gasteiger partial charge in [0.25, 0.3) is 0 Å². The minimum atomic E-state index is -0.230. The summed E-state index contributed by atoms with van der Waals surface area (Å²) in [5, 5.41) is 0.440. The van der Waals surface area contributed by atoms with E-state index in [9.17, 15) is 4.39 Å². The van der Waals surface area contributed by atoms with Crippen molar-refractivity contribution in [2.24, 2.45) is 0 Å². The van der Waals surface area contributed by atoms with Crippen LogP contribution >= 0.6 is 27.5 Å². The molecule has 13 heavy (non-hydrogen) atoms. The lowest BCUT2D eigenvalue weighted by molar-refractivity contribution is 0.588. The van der Waals surface area contributed by atoms with Crippen LogP contribution in [0.1, 0.15) is 25.3 Å². The van der Waals surface area contributed by atoms with Crippen LogP contribution in [0, 0.1) is 5.82 Å². The molecule has 0 amide bonds. The van der Waals surface area contributed by atoms with Crippen LogP contribution in [0.15, 0.2) is 18.2 Å². The summed E-state index contributed by atoms with van der Waals surface area (Å²) in [5.41, 5.74) is 0.703. The zero-order valence-electron chi connectivity index (χ0n) is 7.52. The van der Waals surface area contributed by atoms with E-state index in [0.29, 0.717) is 10.6 Å². The number of hydrogen-bond donors (Lipinski definition) is 0. The standard InChI is InChI=1S/C10H11BrClF/c1-6(7(2)11)9-4-3-8(12)5-10(9)13/h3-7H,1-2H3. The second kappa shape index (κ2) is 4.43. The Kier molecular flexibility index (Phi) is 3.74. The molecule has 1 rings (SSSR count). The van der Waals surface area contributed by atoms with Gasteiger partial charge in [0.1, 0.15) is 5.82 Å². The Labute approximate surface area is 91.2 Å². The van der Waals surface area contributed by atoms with Crippen molar-refractivity contribution in [3.05, 3.63) is 34.6 Å². The Morgan fingerprint density at radius 1 is 1.38 bits per heavy atom. The molecule has 0 spiro atoms. The average molecular weight is 266 g/mol. The minimum Gasteiger partial charge on any atom is -0.207 e. The van der Waals surface area contributed by atoms with Crippen molar-refractivity contribution in [1.82, 2.24) is 0 Å². The summed E-state index contributed by atoms with van der Waals surface area (Å²) in [4.78, 5) is 0.253. The Hall–Kier alpha value is -0.0800. The topological polar surface area (TPSA) is 0 Å². The lowest BCUT2D eigenvalue weighted by Gasteiger charge is -2.15. The molecule has 0 nitrogen and oxygen atoms in total. The molecule has 0 N–H and O–H groups in total. The maximum absolute atomic E-state index is 13.4. The summed E-state index contributed by atoms with van der Waals surface area (Å²) in [6.07, 6.45) is 0. The van der Waals surface area contributed by atoms with Crippen LogP contribution in [0.2, 0.25) is 5.02 Å². The third-order valence-corrected chi connectivity index (χ3v) is 3.17. The first-order chi connectivity index (χ1) is 6.02. The molecule has 0 saturated heterocycles. The van der Waals surface area contributed by atoms with Crippen LogP contribution in [-0.4, -0.2) is 4.83 Å². The molecule has 0 radical (unpaired) electrons. The van der Waals surface area contributed by atoms with E-state index < -0.39 is 0 Å². The molecule has 72 valence electrons. The second-order valence-electron chi connectivity index (χ2n) is 3.13. The quantitative estimate of drug-likeness (QED) is 0.697. The van der Waals surface area contributed by atoms with Crippen LogP contribution in [0.25, 0.3) is 0 Å². The van der Waals surface area contributed by atoms with Gasteiger partial charge in [0, 0.05) is 9.85 Å². The number of alkyl halides is 1. The third kappa shape index (κ3) is 2.68. The highest BCUT2D eigenvalue weighted by Gasteiger charge is 2.15. The summed E-state index contributed by atoms with van der Waals surface area (Å²) in [7, 11) is 0. The average Bonchev–Trinajstić information content (AvgIpc) is 2.03. The number of halogens is 3. The highest BCUT2D eigenvalue weighted by atomic mass is 79.9. The van der Waals surface area contributed by atoms with Crippen molar-refractivity contribution in [3.63, 3.8) is 0 Å². The van der Waals surface area contributed by atoms with Crippen molar-refractivity contribution < 1.29 is 4.39 Å². The van der Waals surface area contributed by atoms with Crippen LogP contribution in [-0.2, 0) is 0 Å². The molecular formula is C10H11BrClF. The van der Waals surface area contributed by atoms with Crippen LogP contribution in [0.5, 0.6) is 0 Å². The monoisotopic (exact) mass is 264 g/mol. The minimum absolute atomic E-state index is 0.150. The van der Waals surface area contributed by atoms with Crippen molar-refractivity contribution in [2.75, 3.05) is 0 Å². The van der Waals surface area contributed by atoms with Crippen LogP contribution < -0.4 is 0 Å². The Morgan fingerprint density at radius 2 is 2.00 bits per heavy atom. The van der Waals surface area contributed by atoms with Gasteiger partial charge in [-0.05, 0) is 23.6 Å². The van der Waals surface area contributed by atoms with Crippen LogP contribution in [0.4, 0.5) is 4.39 Å². The van der Waals surface area contributed by atoms with Gasteiger partial charge in [-0.3, -0.25) is 0 Å². The fourth-order valence-corrected chi connectivity index (χ4v) is 1.56. The smallest absolute Gasteiger partial charge is 0.128 e. The number of hydrogen-bond acceptors (Lipinski definition) is 0. The van der Waals surface area contributed by atoms with E-state index in [1.54, 1.807) is 12.1 Å². The molecule has 0 saturated carbocycles. The van der Waals surface area contributed by atoms with Crippen molar-refractivity contribution in [1.29, 1.82) is 0 Å². The van der Waals surface area contributed by atoms with Gasteiger partial charge < -0.3 is 0 Å². The van der Waals surface area contributed by atoms with Crippen molar-refractivity contribution in [3.8, 4) is 0 Å². The zero-order chi connectivity index (χ0) is 10.0. The molecule has 1 aromatic rings. The van der Waals surface area contributed by atoms with Crippen LogP contribution in [0.3, 0.4) is 0 Å². The molecule has 0 bridgehead atoms. The first-order valence-corrected chi connectivity index (χ1v) is 5.40. The third-order valence-electron chi connectivity index (χ3n) is 2.14. The Morgan fingerprint density at radius 3 is 2.46 bits per heavy atom. The molecule has 3 heteroatoms. The molecular weight excluding hydrogens is 254 g/mol. The summed E-state index contributed by atoms with van der Waals surface area (Å²) >= 11 is 9.08. The Bertz CT molecular complexity index is 299. The highest BCUT2D eigenvalue weighted by molar-refractivity contribution is 9.09. The van der Waals surface area contributed by atoms with Crippen molar-refractivity contribution >= 4 is 27.5 Å². The lowest BCUT2D eigenvalue weighted by atomic mass is 9.98. The van der Waals surface area contributed by atoms with Gasteiger partial charge in [0.2, 0.25) is 0 Å². The van der Waals surface area contributed by atoms with Gasteiger partial charge >= 0.3 is 0 Å². The SMILES string of the molecule is CC(Br)C(C)c1ccc(Cl)cc1F. The summed E-state index contributed by atoms with van der Waals surface area (Å²) in [6.45, 7) is 3.98. The molecule has 1 aromatic carbocycles. The van der Waals surface area contributed by atoms with E-state index in [2.05, 4.69) is 15.9 Å². The second-order valence-corrected chi connectivity index (χ2v) is 5.01. The number of rotatable bonds is 2. The maximum Gasteiger partial charge on any atom is 0.128 e. The van der Waals surface area contributed by atoms with Gasteiger partial charge in [-0.1, -0.05) is 47.4 Å². The predicted molar refractivity (Wildman–Crippen MR) is 58.2 cm³/mol. The molecule has 0 aromatic heterocycles. The van der Waals surface area contributed by atoms with E-state index in [1.807, 2.05) is 13.8 Å². The first-order valence-electron chi connectivity index (χ1n) is 4.11. The zero-order valence-corrected chi connectivity index (χ0v) is 9.86.